The number of nitrogens with zero attached hydrogens (tertiary/aromatic N) is 4. The van der Waals surface area contributed by atoms with Crippen LogP contribution in [0.2, 0.25) is 0 Å². The molecule has 0 bridgehead atoms. The van der Waals surface area contributed by atoms with Gasteiger partial charge in [0.15, 0.2) is 5.69 Å². The molecular formula is C12H19N5O3. The molecule has 2 rings (SSSR count). The van der Waals surface area contributed by atoms with Crippen LogP contribution in [0.15, 0.2) is 6.20 Å². The summed E-state index contributed by atoms with van der Waals surface area (Å²) in [4.78, 5) is 25.7. The summed E-state index contributed by atoms with van der Waals surface area (Å²) in [6.07, 6.45) is 3.95. The monoisotopic (exact) mass is 281 g/mol. The van der Waals surface area contributed by atoms with Gasteiger partial charge in [-0.05, 0) is 19.3 Å². The Morgan fingerprint density at radius 2 is 2.30 bits per heavy atom. The highest BCUT2D eigenvalue weighted by Gasteiger charge is 2.34. The van der Waals surface area contributed by atoms with E-state index in [4.69, 9.17) is 10.5 Å². The number of likely N-dealkylation sites (tertiary alicyclic amines) is 1. The molecule has 1 atom stereocenters. The SMILES string of the molecule is COC(=O)C1CCCCN1C(=O)c1cn(CCN)nn1. The van der Waals surface area contributed by atoms with E-state index >= 15 is 0 Å². The van der Waals surface area contributed by atoms with Crippen LogP contribution in [-0.2, 0) is 16.1 Å². The van der Waals surface area contributed by atoms with Gasteiger partial charge < -0.3 is 15.4 Å². The number of ether oxygens (including phenoxy) is 1. The zero-order chi connectivity index (χ0) is 14.5. The predicted octanol–water partition coefficient (Wildman–Crippen LogP) is -0.595. The summed E-state index contributed by atoms with van der Waals surface area (Å²) in [7, 11) is 1.33. The topological polar surface area (TPSA) is 103 Å². The second-order valence-corrected chi connectivity index (χ2v) is 4.69. The molecule has 2 heterocycles. The van der Waals surface area contributed by atoms with E-state index in [1.165, 1.54) is 16.7 Å². The quantitative estimate of drug-likeness (QED) is 0.739. The van der Waals surface area contributed by atoms with Gasteiger partial charge in [-0.1, -0.05) is 5.21 Å². The van der Waals surface area contributed by atoms with Gasteiger partial charge in [0.2, 0.25) is 0 Å². The number of hydrogen-bond donors (Lipinski definition) is 1. The highest BCUT2D eigenvalue weighted by atomic mass is 16.5. The van der Waals surface area contributed by atoms with Crippen molar-refractivity contribution in [3.63, 3.8) is 0 Å². The minimum atomic E-state index is -0.527. The lowest BCUT2D eigenvalue weighted by Crippen LogP contribution is -2.48. The van der Waals surface area contributed by atoms with Crippen LogP contribution in [0.4, 0.5) is 0 Å². The van der Waals surface area contributed by atoms with Crippen LogP contribution in [0.25, 0.3) is 0 Å². The molecule has 1 unspecified atom stereocenters. The molecule has 0 spiro atoms. The summed E-state index contributed by atoms with van der Waals surface area (Å²) < 4.78 is 6.28. The van der Waals surface area contributed by atoms with Crippen molar-refractivity contribution in [1.29, 1.82) is 0 Å². The van der Waals surface area contributed by atoms with Gasteiger partial charge in [-0.25, -0.2) is 4.79 Å². The molecule has 2 N–H and O–H groups in total. The van der Waals surface area contributed by atoms with Crippen LogP contribution in [-0.4, -0.2) is 58.0 Å². The Kier molecular flexibility index (Phi) is 4.67. The average Bonchev–Trinajstić information content (AvgIpc) is 2.94. The number of esters is 1. The minimum Gasteiger partial charge on any atom is -0.467 e. The maximum atomic E-state index is 12.4. The van der Waals surface area contributed by atoms with E-state index in [1.807, 2.05) is 0 Å². The standard InChI is InChI=1S/C12H19N5O3/c1-20-12(19)10-4-2-3-6-17(10)11(18)9-8-16(7-5-13)15-14-9/h8,10H,2-7,13H2,1H3. The summed E-state index contributed by atoms with van der Waals surface area (Å²) in [5, 5.41) is 7.68. The second-order valence-electron chi connectivity index (χ2n) is 4.69. The lowest BCUT2D eigenvalue weighted by molar-refractivity contribution is -0.147. The molecule has 1 aromatic heterocycles. The summed E-state index contributed by atoms with van der Waals surface area (Å²) in [5.74, 6) is -0.671. The summed E-state index contributed by atoms with van der Waals surface area (Å²) >= 11 is 0. The van der Waals surface area contributed by atoms with Crippen molar-refractivity contribution in [2.45, 2.75) is 31.8 Å². The minimum absolute atomic E-state index is 0.231. The Morgan fingerprint density at radius 3 is 3.00 bits per heavy atom. The van der Waals surface area contributed by atoms with Crippen molar-refractivity contribution in [3.8, 4) is 0 Å². The van der Waals surface area contributed by atoms with Gasteiger partial charge in [-0.2, -0.15) is 0 Å². The molecule has 0 radical (unpaired) electrons. The first kappa shape index (κ1) is 14.4. The fourth-order valence-corrected chi connectivity index (χ4v) is 2.34. The Morgan fingerprint density at radius 1 is 1.50 bits per heavy atom. The molecular weight excluding hydrogens is 262 g/mol. The van der Waals surface area contributed by atoms with Crippen molar-refractivity contribution in [1.82, 2.24) is 19.9 Å². The zero-order valence-electron chi connectivity index (χ0n) is 11.5. The van der Waals surface area contributed by atoms with Crippen LogP contribution in [0.1, 0.15) is 29.8 Å². The van der Waals surface area contributed by atoms with Crippen molar-refractivity contribution in [3.05, 3.63) is 11.9 Å². The van der Waals surface area contributed by atoms with Crippen molar-refractivity contribution in [2.24, 2.45) is 5.73 Å². The molecule has 1 amide bonds. The molecule has 8 heteroatoms. The molecule has 1 aromatic rings. The summed E-state index contributed by atoms with van der Waals surface area (Å²) in [6.45, 7) is 1.45. The smallest absolute Gasteiger partial charge is 0.328 e. The fraction of sp³-hybridized carbons (Fsp3) is 0.667. The number of carbonyl (C=O) groups excluding carboxylic acids is 2. The zero-order valence-corrected chi connectivity index (χ0v) is 11.5. The van der Waals surface area contributed by atoms with Crippen LogP contribution in [0.5, 0.6) is 0 Å². The molecule has 0 saturated carbocycles. The molecule has 8 nitrogen and oxygen atoms in total. The third kappa shape index (κ3) is 2.96. The van der Waals surface area contributed by atoms with Gasteiger partial charge >= 0.3 is 5.97 Å². The Bertz CT molecular complexity index is 487. The highest BCUT2D eigenvalue weighted by Crippen LogP contribution is 2.20. The molecule has 0 aliphatic carbocycles. The van der Waals surface area contributed by atoms with Gasteiger partial charge in [-0.15, -0.1) is 5.10 Å². The van der Waals surface area contributed by atoms with E-state index in [0.717, 1.165) is 12.8 Å². The molecule has 1 fully saturated rings. The fourth-order valence-electron chi connectivity index (χ4n) is 2.34. The first-order valence-electron chi connectivity index (χ1n) is 6.66. The summed E-state index contributed by atoms with van der Waals surface area (Å²) in [5.41, 5.74) is 5.65. The Balaban J connectivity index is 2.14. The van der Waals surface area contributed by atoms with Crippen LogP contribution in [0.3, 0.4) is 0 Å². The molecule has 1 aliphatic rings. The third-order valence-corrected chi connectivity index (χ3v) is 3.35. The maximum Gasteiger partial charge on any atom is 0.328 e. The van der Waals surface area contributed by atoms with E-state index in [-0.39, 0.29) is 17.6 Å². The lowest BCUT2D eigenvalue weighted by Gasteiger charge is -2.33. The molecule has 0 aromatic carbocycles. The number of rotatable bonds is 4. The number of amides is 1. The highest BCUT2D eigenvalue weighted by molar-refractivity contribution is 5.95. The second kappa shape index (κ2) is 6.47. The van der Waals surface area contributed by atoms with E-state index in [2.05, 4.69) is 10.3 Å². The molecule has 20 heavy (non-hydrogen) atoms. The number of methoxy groups -OCH3 is 1. The van der Waals surface area contributed by atoms with Crippen molar-refractivity contribution >= 4 is 11.9 Å². The molecule has 1 aliphatic heterocycles. The van der Waals surface area contributed by atoms with Crippen LogP contribution in [0, 0.1) is 0 Å². The first-order chi connectivity index (χ1) is 9.67. The number of carbonyl (C=O) groups is 2. The van der Waals surface area contributed by atoms with Crippen molar-refractivity contribution in [2.75, 3.05) is 20.2 Å². The van der Waals surface area contributed by atoms with Crippen LogP contribution < -0.4 is 5.73 Å². The van der Waals surface area contributed by atoms with E-state index in [9.17, 15) is 9.59 Å². The van der Waals surface area contributed by atoms with Gasteiger partial charge in [0, 0.05) is 13.1 Å². The largest absolute Gasteiger partial charge is 0.467 e. The number of nitrogens with two attached hydrogens (primary N) is 1. The van der Waals surface area contributed by atoms with Crippen LogP contribution >= 0.6 is 0 Å². The van der Waals surface area contributed by atoms with Gasteiger partial charge in [0.25, 0.3) is 5.91 Å². The average molecular weight is 281 g/mol. The first-order valence-corrected chi connectivity index (χ1v) is 6.66. The van der Waals surface area contributed by atoms with Gasteiger partial charge in [-0.3, -0.25) is 9.48 Å². The lowest BCUT2D eigenvalue weighted by atomic mass is 10.0. The summed E-state index contributed by atoms with van der Waals surface area (Å²) in [6, 6.07) is -0.527. The van der Waals surface area contributed by atoms with Crippen molar-refractivity contribution < 1.29 is 14.3 Å². The third-order valence-electron chi connectivity index (χ3n) is 3.35. The Hall–Kier alpha value is -1.96. The number of piperidine rings is 1. The number of hydrogen-bond acceptors (Lipinski definition) is 6. The normalized spacial score (nSPS) is 18.9. The molecule has 110 valence electrons. The van der Waals surface area contributed by atoms with E-state index in [1.54, 1.807) is 6.20 Å². The van der Waals surface area contributed by atoms with E-state index in [0.29, 0.717) is 26.1 Å². The number of aromatic nitrogens is 3. The molecule has 1 saturated heterocycles. The van der Waals surface area contributed by atoms with Gasteiger partial charge in [0.1, 0.15) is 6.04 Å². The van der Waals surface area contributed by atoms with E-state index < -0.39 is 6.04 Å². The Labute approximate surface area is 116 Å². The maximum absolute atomic E-state index is 12.4. The van der Waals surface area contributed by atoms with Gasteiger partial charge in [0.05, 0.1) is 19.9 Å². The predicted molar refractivity (Wildman–Crippen MR) is 69.8 cm³/mol.